The van der Waals surface area contributed by atoms with Crippen LogP contribution in [0, 0.1) is 5.82 Å². The molecule has 2 amide bonds. The lowest BCUT2D eigenvalue weighted by atomic mass is 10.1. The van der Waals surface area contributed by atoms with Gasteiger partial charge in [0, 0.05) is 40.3 Å². The van der Waals surface area contributed by atoms with Gasteiger partial charge < -0.3 is 25.4 Å². The number of piperazine rings is 1. The Labute approximate surface area is 171 Å². The van der Waals surface area contributed by atoms with Crippen molar-refractivity contribution >= 4 is 34.5 Å². The average molecular weight is 412 g/mol. The molecule has 2 aromatic heterocycles. The number of aromatic amines is 1. The minimum atomic E-state index is -0.724. The monoisotopic (exact) mass is 412 g/mol. The number of nitrogens with zero attached hydrogens (tertiary/aromatic N) is 6. The van der Waals surface area contributed by atoms with Crippen LogP contribution in [-0.2, 0) is 0 Å². The Morgan fingerprint density at radius 1 is 1.10 bits per heavy atom. The molecule has 1 fully saturated rings. The summed E-state index contributed by atoms with van der Waals surface area (Å²) in [6, 6.07) is 2.39. The van der Waals surface area contributed by atoms with Gasteiger partial charge in [0.25, 0.3) is 11.8 Å². The third-order valence-corrected chi connectivity index (χ3v) is 4.98. The number of anilines is 2. The second kappa shape index (κ2) is 7.58. The second-order valence-corrected chi connectivity index (χ2v) is 7.21. The zero-order chi connectivity index (χ0) is 21.4. The van der Waals surface area contributed by atoms with E-state index in [1.807, 2.05) is 4.90 Å². The molecular formula is C19H21FN8O2. The fourth-order valence-electron chi connectivity index (χ4n) is 3.38. The average Bonchev–Trinajstić information content (AvgIpc) is 3.16. The van der Waals surface area contributed by atoms with E-state index in [1.165, 1.54) is 11.0 Å². The number of halogens is 1. The Bertz CT molecular complexity index is 1100. The molecule has 0 bridgehead atoms. The number of amides is 2. The van der Waals surface area contributed by atoms with Crippen LogP contribution < -0.4 is 15.5 Å². The number of primary amides is 1. The number of carbonyl (C=O) groups is 2. The van der Waals surface area contributed by atoms with Gasteiger partial charge in [-0.25, -0.2) is 19.3 Å². The van der Waals surface area contributed by atoms with Crippen LogP contribution >= 0.6 is 0 Å². The van der Waals surface area contributed by atoms with Crippen LogP contribution in [0.5, 0.6) is 0 Å². The zero-order valence-electron chi connectivity index (χ0n) is 16.6. The first-order valence-electron chi connectivity index (χ1n) is 9.36. The smallest absolute Gasteiger partial charge is 0.291 e. The third-order valence-electron chi connectivity index (χ3n) is 4.98. The van der Waals surface area contributed by atoms with E-state index >= 15 is 0 Å². The van der Waals surface area contributed by atoms with Crippen LogP contribution in [0.1, 0.15) is 21.0 Å². The number of aromatic nitrogens is 4. The van der Waals surface area contributed by atoms with Crippen LogP contribution in [0.3, 0.4) is 0 Å². The first-order valence-corrected chi connectivity index (χ1v) is 9.36. The summed E-state index contributed by atoms with van der Waals surface area (Å²) in [6.07, 6.45) is 3.28. The van der Waals surface area contributed by atoms with Gasteiger partial charge in [0.05, 0.1) is 29.2 Å². The van der Waals surface area contributed by atoms with E-state index in [4.69, 9.17) is 5.73 Å². The molecule has 0 spiro atoms. The molecule has 0 atom stereocenters. The molecule has 1 aliphatic heterocycles. The molecule has 0 saturated carbocycles. The minimum Gasteiger partial charge on any atom is -0.366 e. The highest BCUT2D eigenvalue weighted by molar-refractivity contribution is 6.04. The Hall–Kier alpha value is -3.76. The summed E-state index contributed by atoms with van der Waals surface area (Å²) in [7, 11) is 3.30. The van der Waals surface area contributed by atoms with Crippen molar-refractivity contribution in [2.45, 2.75) is 0 Å². The van der Waals surface area contributed by atoms with E-state index in [1.54, 1.807) is 26.5 Å². The van der Waals surface area contributed by atoms with Crippen molar-refractivity contribution in [1.29, 1.82) is 0 Å². The third kappa shape index (κ3) is 3.61. The van der Waals surface area contributed by atoms with Crippen LogP contribution in [0.15, 0.2) is 24.5 Å². The molecule has 11 heteroatoms. The highest BCUT2D eigenvalue weighted by atomic mass is 19.1. The minimum absolute atomic E-state index is 0.0515. The molecule has 156 valence electrons. The summed E-state index contributed by atoms with van der Waals surface area (Å²) in [4.78, 5) is 44.9. The maximum atomic E-state index is 13.8. The Morgan fingerprint density at radius 2 is 1.73 bits per heavy atom. The Kier molecular flexibility index (Phi) is 4.94. The van der Waals surface area contributed by atoms with Gasteiger partial charge in [-0.05, 0) is 12.1 Å². The number of hydrogen-bond acceptors (Lipinski definition) is 7. The normalized spacial score (nSPS) is 14.2. The van der Waals surface area contributed by atoms with Crippen LogP contribution in [0.4, 0.5) is 16.0 Å². The number of benzene rings is 1. The van der Waals surface area contributed by atoms with E-state index in [0.717, 1.165) is 11.8 Å². The van der Waals surface area contributed by atoms with Crippen molar-refractivity contribution in [2.24, 2.45) is 5.73 Å². The van der Waals surface area contributed by atoms with E-state index in [-0.39, 0.29) is 17.3 Å². The number of hydrogen-bond donors (Lipinski definition) is 2. The molecular weight excluding hydrogens is 391 g/mol. The maximum absolute atomic E-state index is 13.8. The summed E-state index contributed by atoms with van der Waals surface area (Å²) in [5.41, 5.74) is 7.01. The topological polar surface area (TPSA) is 124 Å². The summed E-state index contributed by atoms with van der Waals surface area (Å²) >= 11 is 0. The molecule has 1 aromatic carbocycles. The number of nitrogens with one attached hydrogen (secondary N) is 1. The molecule has 3 heterocycles. The van der Waals surface area contributed by atoms with Crippen molar-refractivity contribution in [3.8, 4) is 0 Å². The van der Waals surface area contributed by atoms with E-state index in [9.17, 15) is 14.0 Å². The van der Waals surface area contributed by atoms with Gasteiger partial charge in [-0.15, -0.1) is 0 Å². The van der Waals surface area contributed by atoms with E-state index < -0.39 is 11.7 Å². The van der Waals surface area contributed by atoms with Crippen molar-refractivity contribution in [3.05, 3.63) is 41.7 Å². The summed E-state index contributed by atoms with van der Waals surface area (Å²) in [5.74, 6) is -0.808. The number of fused-ring (bicyclic) bond motifs is 1. The predicted molar refractivity (Wildman–Crippen MR) is 109 cm³/mol. The quantitative estimate of drug-likeness (QED) is 0.644. The molecule has 3 aromatic rings. The van der Waals surface area contributed by atoms with E-state index in [2.05, 4.69) is 24.8 Å². The molecule has 4 rings (SSSR count). The molecule has 30 heavy (non-hydrogen) atoms. The SMILES string of the molecule is CN(C)C(=O)c1ncc(N2CCN(c3nc4c(C(N)=O)cc(F)cc4[nH]3)CC2)cn1. The second-order valence-electron chi connectivity index (χ2n) is 7.21. The van der Waals surface area contributed by atoms with Gasteiger partial charge in [-0.3, -0.25) is 9.59 Å². The molecule has 0 unspecified atom stereocenters. The number of imidazole rings is 1. The molecule has 0 aliphatic carbocycles. The predicted octanol–water partition coefficient (Wildman–Crippen LogP) is 0.619. The zero-order valence-corrected chi connectivity index (χ0v) is 16.6. The number of carbonyl (C=O) groups excluding carboxylic acids is 2. The van der Waals surface area contributed by atoms with Crippen LogP contribution in [-0.4, -0.2) is 76.9 Å². The van der Waals surface area contributed by atoms with Crippen molar-refractivity contribution in [1.82, 2.24) is 24.8 Å². The molecule has 10 nitrogen and oxygen atoms in total. The van der Waals surface area contributed by atoms with Crippen molar-refractivity contribution in [3.63, 3.8) is 0 Å². The maximum Gasteiger partial charge on any atom is 0.291 e. The Balaban J connectivity index is 1.48. The molecule has 1 aliphatic rings. The summed E-state index contributed by atoms with van der Waals surface area (Å²) in [5, 5.41) is 0. The van der Waals surface area contributed by atoms with Gasteiger partial charge in [0.15, 0.2) is 0 Å². The van der Waals surface area contributed by atoms with Crippen molar-refractivity contribution in [2.75, 3.05) is 50.1 Å². The molecule has 0 radical (unpaired) electrons. The highest BCUT2D eigenvalue weighted by Gasteiger charge is 2.22. The van der Waals surface area contributed by atoms with Crippen molar-refractivity contribution < 1.29 is 14.0 Å². The first kappa shape index (κ1) is 19.6. The fraction of sp³-hybridized carbons (Fsp3) is 0.316. The molecule has 1 saturated heterocycles. The number of nitrogens with two attached hydrogens (primary N) is 1. The van der Waals surface area contributed by atoms with Gasteiger partial charge in [0.2, 0.25) is 11.8 Å². The van der Waals surface area contributed by atoms with Gasteiger partial charge in [-0.2, -0.15) is 0 Å². The van der Waals surface area contributed by atoms with Gasteiger partial charge in [-0.1, -0.05) is 0 Å². The number of H-pyrrole nitrogens is 1. The fourth-order valence-corrected chi connectivity index (χ4v) is 3.38. The number of rotatable bonds is 4. The largest absolute Gasteiger partial charge is 0.366 e. The van der Waals surface area contributed by atoms with Gasteiger partial charge >= 0.3 is 0 Å². The van der Waals surface area contributed by atoms with Crippen LogP contribution in [0.25, 0.3) is 11.0 Å². The summed E-state index contributed by atoms with van der Waals surface area (Å²) in [6.45, 7) is 2.65. The lowest BCUT2D eigenvalue weighted by molar-refractivity contribution is 0.0815. The van der Waals surface area contributed by atoms with E-state index in [0.29, 0.717) is 43.2 Å². The summed E-state index contributed by atoms with van der Waals surface area (Å²) < 4.78 is 13.8. The highest BCUT2D eigenvalue weighted by Crippen LogP contribution is 2.24. The molecule has 3 N–H and O–H groups in total. The standard InChI is InChI=1S/C19H21FN8O2/c1-26(2)18(30)17-22-9-12(10-23-17)27-3-5-28(6-4-27)19-24-14-8-11(20)7-13(16(21)29)15(14)25-19/h7-10H,3-6H2,1-2H3,(H2,21,29)(H,24,25). The lowest BCUT2D eigenvalue weighted by Crippen LogP contribution is -2.47. The Morgan fingerprint density at radius 3 is 2.33 bits per heavy atom. The lowest BCUT2D eigenvalue weighted by Gasteiger charge is -2.35. The first-order chi connectivity index (χ1) is 14.3. The van der Waals surface area contributed by atoms with Gasteiger partial charge in [0.1, 0.15) is 11.3 Å². The van der Waals surface area contributed by atoms with Crippen LogP contribution in [0.2, 0.25) is 0 Å².